The van der Waals surface area contributed by atoms with E-state index < -0.39 is 11.5 Å². The summed E-state index contributed by atoms with van der Waals surface area (Å²) in [6.07, 6.45) is 4.14. The largest absolute Gasteiger partial charge is 0.507 e. The number of carbonyl (C=O) groups is 1. The quantitative estimate of drug-likeness (QED) is 0.872. The van der Waals surface area contributed by atoms with E-state index in [9.17, 15) is 14.7 Å². The number of nitrogens with one attached hydrogen (secondary N) is 1. The summed E-state index contributed by atoms with van der Waals surface area (Å²) in [6, 6.07) is 6.80. The van der Waals surface area contributed by atoms with Crippen LogP contribution in [0, 0.1) is 0 Å². The highest BCUT2D eigenvalue weighted by Gasteiger charge is 2.27. The van der Waals surface area contributed by atoms with Crippen LogP contribution in [-0.4, -0.2) is 15.6 Å². The number of aromatic hydroxyl groups is 1. The molecule has 0 saturated carbocycles. The van der Waals surface area contributed by atoms with Gasteiger partial charge in [0, 0.05) is 17.8 Å². The lowest BCUT2D eigenvalue weighted by Gasteiger charge is -2.23. The molecular formula is C19H21ClN2O3. The molecule has 0 atom stereocenters. The highest BCUT2D eigenvalue weighted by atomic mass is 35.5. The second-order valence-corrected chi connectivity index (χ2v) is 6.65. The molecule has 0 spiro atoms. The summed E-state index contributed by atoms with van der Waals surface area (Å²) in [6.45, 7) is 2.52. The van der Waals surface area contributed by atoms with Gasteiger partial charge >= 0.3 is 0 Å². The molecule has 0 radical (unpaired) electrons. The lowest BCUT2D eigenvalue weighted by Crippen LogP contribution is -2.33. The number of fused-ring (bicyclic) bond motifs is 1. The molecule has 0 aliphatic heterocycles. The van der Waals surface area contributed by atoms with E-state index in [1.807, 2.05) is 6.92 Å². The molecule has 25 heavy (non-hydrogen) atoms. The van der Waals surface area contributed by atoms with Crippen molar-refractivity contribution in [3.8, 4) is 5.75 Å². The van der Waals surface area contributed by atoms with Crippen LogP contribution in [-0.2, 0) is 19.4 Å². The van der Waals surface area contributed by atoms with Crippen molar-refractivity contribution < 1.29 is 9.90 Å². The van der Waals surface area contributed by atoms with Crippen molar-refractivity contribution in [1.82, 2.24) is 4.57 Å². The number of nitrogens with zero attached hydrogens (tertiary/aromatic N) is 1. The number of carbonyl (C=O) groups excluding carboxylic acids is 1. The standard InChI is InChI=1S/C19H21ClN2O3/c1-2-11-22-15-10-6-3-7-12(15)17(23)16(19(22)25)18(24)21-14-9-5-4-8-13(14)20/h4-5,8-9,23H,2-3,6-7,10-11H2,1H3,(H,21,24). The van der Waals surface area contributed by atoms with Gasteiger partial charge in [0.2, 0.25) is 0 Å². The van der Waals surface area contributed by atoms with Gasteiger partial charge in [-0.2, -0.15) is 0 Å². The molecule has 2 aromatic rings. The fraction of sp³-hybridized carbons (Fsp3) is 0.368. The van der Waals surface area contributed by atoms with Gasteiger partial charge in [-0.1, -0.05) is 30.7 Å². The molecule has 1 aliphatic carbocycles. The van der Waals surface area contributed by atoms with E-state index in [0.717, 1.165) is 36.9 Å². The van der Waals surface area contributed by atoms with Gasteiger partial charge in [-0.15, -0.1) is 0 Å². The Labute approximate surface area is 151 Å². The molecule has 132 valence electrons. The summed E-state index contributed by atoms with van der Waals surface area (Å²) < 4.78 is 1.65. The Morgan fingerprint density at radius 1 is 1.28 bits per heavy atom. The zero-order valence-corrected chi connectivity index (χ0v) is 14.9. The highest BCUT2D eigenvalue weighted by Crippen LogP contribution is 2.31. The van der Waals surface area contributed by atoms with E-state index in [4.69, 9.17) is 11.6 Å². The van der Waals surface area contributed by atoms with Gasteiger partial charge < -0.3 is 15.0 Å². The average molecular weight is 361 g/mol. The van der Waals surface area contributed by atoms with Gasteiger partial charge in [-0.05, 0) is 44.2 Å². The Bertz CT molecular complexity index is 874. The summed E-state index contributed by atoms with van der Waals surface area (Å²) >= 11 is 6.07. The molecule has 1 amide bonds. The van der Waals surface area contributed by atoms with Crippen molar-refractivity contribution in [2.24, 2.45) is 0 Å². The van der Waals surface area contributed by atoms with Gasteiger partial charge in [0.1, 0.15) is 11.3 Å². The van der Waals surface area contributed by atoms with Crippen molar-refractivity contribution in [1.29, 1.82) is 0 Å². The van der Waals surface area contributed by atoms with Crippen molar-refractivity contribution in [2.45, 2.75) is 45.6 Å². The Morgan fingerprint density at radius 3 is 2.72 bits per heavy atom. The highest BCUT2D eigenvalue weighted by molar-refractivity contribution is 6.33. The third-order valence-corrected chi connectivity index (χ3v) is 4.87. The normalized spacial score (nSPS) is 13.4. The molecule has 0 bridgehead atoms. The van der Waals surface area contributed by atoms with Gasteiger partial charge in [0.05, 0.1) is 10.7 Å². The first-order chi connectivity index (χ1) is 12.0. The van der Waals surface area contributed by atoms with Crippen molar-refractivity contribution in [3.63, 3.8) is 0 Å². The van der Waals surface area contributed by atoms with E-state index in [2.05, 4.69) is 5.32 Å². The average Bonchev–Trinajstić information content (AvgIpc) is 2.61. The van der Waals surface area contributed by atoms with Crippen LogP contribution in [0.15, 0.2) is 29.1 Å². The number of hydrogen-bond acceptors (Lipinski definition) is 3. The number of halogens is 1. The maximum atomic E-state index is 12.9. The molecule has 0 fully saturated rings. The lowest BCUT2D eigenvalue weighted by atomic mass is 9.93. The molecule has 3 rings (SSSR count). The van der Waals surface area contributed by atoms with Crippen LogP contribution >= 0.6 is 11.6 Å². The molecule has 1 aromatic carbocycles. The third kappa shape index (κ3) is 3.29. The van der Waals surface area contributed by atoms with Gasteiger partial charge in [-0.3, -0.25) is 9.59 Å². The number of benzene rings is 1. The van der Waals surface area contributed by atoms with E-state index in [1.165, 1.54) is 0 Å². The SMILES string of the molecule is CCCn1c2c(c(O)c(C(=O)Nc3ccccc3Cl)c1=O)CCCC2. The Hall–Kier alpha value is -2.27. The summed E-state index contributed by atoms with van der Waals surface area (Å²) in [5, 5.41) is 13.6. The molecule has 1 heterocycles. The van der Waals surface area contributed by atoms with Crippen LogP contribution in [0.3, 0.4) is 0 Å². The predicted molar refractivity (Wildman–Crippen MR) is 98.7 cm³/mol. The molecular weight excluding hydrogens is 340 g/mol. The van der Waals surface area contributed by atoms with E-state index in [0.29, 0.717) is 23.7 Å². The van der Waals surface area contributed by atoms with E-state index in [1.54, 1.807) is 28.8 Å². The van der Waals surface area contributed by atoms with Gasteiger partial charge in [0.25, 0.3) is 11.5 Å². The zero-order valence-electron chi connectivity index (χ0n) is 14.1. The molecule has 1 aromatic heterocycles. The van der Waals surface area contributed by atoms with Crippen LogP contribution < -0.4 is 10.9 Å². The summed E-state index contributed by atoms with van der Waals surface area (Å²) in [7, 11) is 0. The summed E-state index contributed by atoms with van der Waals surface area (Å²) in [4.78, 5) is 25.6. The maximum absolute atomic E-state index is 12.9. The molecule has 2 N–H and O–H groups in total. The van der Waals surface area contributed by atoms with Crippen molar-refractivity contribution in [3.05, 3.63) is 56.5 Å². The smallest absolute Gasteiger partial charge is 0.267 e. The third-order valence-electron chi connectivity index (χ3n) is 4.54. The number of anilines is 1. The minimum atomic E-state index is -0.631. The molecule has 0 saturated heterocycles. The van der Waals surface area contributed by atoms with Crippen LogP contribution in [0.2, 0.25) is 5.02 Å². The number of aromatic nitrogens is 1. The molecule has 0 unspecified atom stereocenters. The Balaban J connectivity index is 2.09. The predicted octanol–water partition coefficient (Wildman–Crippen LogP) is 3.75. The van der Waals surface area contributed by atoms with Crippen LogP contribution in [0.1, 0.15) is 47.8 Å². The fourth-order valence-corrected chi connectivity index (χ4v) is 3.55. The van der Waals surface area contributed by atoms with Gasteiger partial charge in [0.15, 0.2) is 0 Å². The topological polar surface area (TPSA) is 71.3 Å². The minimum absolute atomic E-state index is 0.184. The monoisotopic (exact) mass is 360 g/mol. The van der Waals surface area contributed by atoms with Crippen LogP contribution in [0.4, 0.5) is 5.69 Å². The summed E-state index contributed by atoms with van der Waals surface area (Å²) in [5.41, 5.74) is 1.36. The first kappa shape index (κ1) is 17.5. The van der Waals surface area contributed by atoms with Crippen molar-refractivity contribution >= 4 is 23.2 Å². The number of pyridine rings is 1. The second kappa shape index (κ2) is 7.31. The molecule has 1 aliphatic rings. The van der Waals surface area contributed by atoms with Crippen molar-refractivity contribution in [2.75, 3.05) is 5.32 Å². The maximum Gasteiger partial charge on any atom is 0.267 e. The number of amides is 1. The summed E-state index contributed by atoms with van der Waals surface area (Å²) in [5.74, 6) is -0.814. The number of hydrogen-bond donors (Lipinski definition) is 2. The van der Waals surface area contributed by atoms with Crippen LogP contribution in [0.5, 0.6) is 5.75 Å². The first-order valence-corrected chi connectivity index (χ1v) is 8.95. The van der Waals surface area contributed by atoms with E-state index >= 15 is 0 Å². The number of rotatable bonds is 4. The molecule has 5 nitrogen and oxygen atoms in total. The minimum Gasteiger partial charge on any atom is -0.507 e. The van der Waals surface area contributed by atoms with E-state index in [-0.39, 0.29) is 11.3 Å². The Morgan fingerprint density at radius 2 is 2.00 bits per heavy atom. The lowest BCUT2D eigenvalue weighted by molar-refractivity contribution is 0.102. The van der Waals surface area contributed by atoms with Crippen LogP contribution in [0.25, 0.3) is 0 Å². The second-order valence-electron chi connectivity index (χ2n) is 6.25. The number of para-hydroxylation sites is 1. The first-order valence-electron chi connectivity index (χ1n) is 8.58. The molecule has 6 heteroatoms. The zero-order chi connectivity index (χ0) is 18.0. The Kier molecular flexibility index (Phi) is 5.13. The fourth-order valence-electron chi connectivity index (χ4n) is 3.36. The van der Waals surface area contributed by atoms with Gasteiger partial charge in [-0.25, -0.2) is 0 Å².